The molecule has 2 aliphatic rings. The van der Waals surface area contributed by atoms with Crippen molar-refractivity contribution in [1.82, 2.24) is 0 Å². The molecule has 0 saturated heterocycles. The number of hydrogen-bond acceptors (Lipinski definition) is 2. The molecule has 0 spiro atoms. The molecule has 0 aromatic heterocycles. The van der Waals surface area contributed by atoms with Crippen molar-refractivity contribution in [1.29, 1.82) is 0 Å². The highest BCUT2D eigenvalue weighted by atomic mass is 16.3. The quantitative estimate of drug-likeness (QED) is 0.625. The highest BCUT2D eigenvalue weighted by Crippen LogP contribution is 2.55. The van der Waals surface area contributed by atoms with Gasteiger partial charge in [0.25, 0.3) is 0 Å². The van der Waals surface area contributed by atoms with Crippen molar-refractivity contribution in [2.45, 2.75) is 64.1 Å². The molecule has 0 aromatic carbocycles. The summed E-state index contributed by atoms with van der Waals surface area (Å²) in [6.07, 6.45) is 5.62. The fourth-order valence-corrected chi connectivity index (χ4v) is 3.58. The molecule has 2 fully saturated rings. The summed E-state index contributed by atoms with van der Waals surface area (Å²) in [4.78, 5) is 0. The van der Waals surface area contributed by atoms with Gasteiger partial charge in [-0.3, -0.25) is 0 Å². The maximum absolute atomic E-state index is 10.7. The fourth-order valence-electron chi connectivity index (χ4n) is 3.58. The summed E-state index contributed by atoms with van der Waals surface area (Å²) in [5.74, 6) is 0.344. The third-order valence-corrected chi connectivity index (χ3v) is 4.80. The summed E-state index contributed by atoms with van der Waals surface area (Å²) in [5.41, 5.74) is -0.549. The van der Waals surface area contributed by atoms with Crippen molar-refractivity contribution in [3.63, 3.8) is 0 Å². The summed E-state index contributed by atoms with van der Waals surface area (Å²) in [7, 11) is 0. The van der Waals surface area contributed by atoms with Crippen LogP contribution in [0.25, 0.3) is 0 Å². The molecule has 2 aliphatic carbocycles. The Hall–Kier alpha value is -0.0800. The smallest absolute Gasteiger partial charge is 0.0751 e. The Kier molecular flexibility index (Phi) is 2.39. The normalized spacial score (nSPS) is 54.0. The number of aliphatic hydroxyl groups excluding tert-OH is 1. The SMILES string of the molecule is C[C@@H]1CCC[C@]2(C)CC[C@H](O)C[C@@]12O. The molecule has 4 atom stereocenters. The molecule has 0 heterocycles. The van der Waals surface area contributed by atoms with E-state index in [2.05, 4.69) is 13.8 Å². The van der Waals surface area contributed by atoms with E-state index in [0.29, 0.717) is 12.3 Å². The van der Waals surface area contributed by atoms with Gasteiger partial charge in [0.05, 0.1) is 11.7 Å². The van der Waals surface area contributed by atoms with E-state index >= 15 is 0 Å². The first-order chi connectivity index (χ1) is 6.48. The molecular formula is C12H22O2. The second-order valence-electron chi connectivity index (χ2n) is 5.67. The molecule has 0 unspecified atom stereocenters. The first-order valence-electron chi connectivity index (χ1n) is 5.88. The zero-order valence-corrected chi connectivity index (χ0v) is 9.29. The zero-order valence-electron chi connectivity index (χ0n) is 9.29. The first-order valence-corrected chi connectivity index (χ1v) is 5.88. The minimum Gasteiger partial charge on any atom is -0.393 e. The van der Waals surface area contributed by atoms with Gasteiger partial charge >= 0.3 is 0 Å². The third kappa shape index (κ3) is 1.31. The van der Waals surface area contributed by atoms with Crippen LogP contribution in [0.5, 0.6) is 0 Å². The van der Waals surface area contributed by atoms with Gasteiger partial charge in [-0.05, 0) is 37.0 Å². The van der Waals surface area contributed by atoms with E-state index in [-0.39, 0.29) is 11.5 Å². The minimum absolute atomic E-state index is 0.0594. The van der Waals surface area contributed by atoms with Gasteiger partial charge in [-0.2, -0.15) is 0 Å². The van der Waals surface area contributed by atoms with E-state index in [1.165, 1.54) is 6.42 Å². The minimum atomic E-state index is -0.608. The average molecular weight is 198 g/mol. The van der Waals surface area contributed by atoms with E-state index in [9.17, 15) is 10.2 Å². The Morgan fingerprint density at radius 3 is 2.64 bits per heavy atom. The Labute approximate surface area is 86.3 Å². The predicted octanol–water partition coefficient (Wildman–Crippen LogP) is 2.09. The van der Waals surface area contributed by atoms with Crippen molar-refractivity contribution in [2.24, 2.45) is 11.3 Å². The molecule has 0 radical (unpaired) electrons. The monoisotopic (exact) mass is 198 g/mol. The van der Waals surface area contributed by atoms with Crippen LogP contribution in [0.1, 0.15) is 52.4 Å². The molecule has 14 heavy (non-hydrogen) atoms. The summed E-state index contributed by atoms with van der Waals surface area (Å²) < 4.78 is 0. The van der Waals surface area contributed by atoms with E-state index in [1.807, 2.05) is 0 Å². The highest BCUT2D eigenvalue weighted by molar-refractivity contribution is 5.06. The van der Waals surface area contributed by atoms with Gasteiger partial charge in [-0.1, -0.05) is 20.3 Å². The Morgan fingerprint density at radius 2 is 1.93 bits per heavy atom. The number of fused-ring (bicyclic) bond motifs is 1. The molecule has 2 N–H and O–H groups in total. The molecule has 0 bridgehead atoms. The molecule has 0 aliphatic heterocycles. The fraction of sp³-hybridized carbons (Fsp3) is 1.00. The standard InChI is InChI=1S/C12H22O2/c1-9-4-3-6-11(2)7-5-10(13)8-12(9,11)14/h9-10,13-14H,3-8H2,1-2H3/t9-,10+,11-,12-/m1/s1. The van der Waals surface area contributed by atoms with Gasteiger partial charge < -0.3 is 10.2 Å². The van der Waals surface area contributed by atoms with Crippen molar-refractivity contribution >= 4 is 0 Å². The van der Waals surface area contributed by atoms with Gasteiger partial charge in [-0.15, -0.1) is 0 Å². The van der Waals surface area contributed by atoms with Gasteiger partial charge in [0.1, 0.15) is 0 Å². The Morgan fingerprint density at radius 1 is 1.21 bits per heavy atom. The third-order valence-electron chi connectivity index (χ3n) is 4.80. The average Bonchev–Trinajstić information content (AvgIpc) is 2.11. The van der Waals surface area contributed by atoms with Crippen molar-refractivity contribution in [3.05, 3.63) is 0 Å². The topological polar surface area (TPSA) is 40.5 Å². The largest absolute Gasteiger partial charge is 0.393 e. The molecule has 0 amide bonds. The van der Waals surface area contributed by atoms with Crippen LogP contribution in [0.2, 0.25) is 0 Å². The summed E-state index contributed by atoms with van der Waals surface area (Å²) in [5, 5.41) is 20.4. The van der Waals surface area contributed by atoms with Crippen LogP contribution in [-0.2, 0) is 0 Å². The molecule has 2 rings (SSSR count). The van der Waals surface area contributed by atoms with E-state index in [0.717, 1.165) is 25.7 Å². The van der Waals surface area contributed by atoms with Gasteiger partial charge in [0, 0.05) is 6.42 Å². The van der Waals surface area contributed by atoms with Crippen LogP contribution in [0, 0.1) is 11.3 Å². The Balaban J connectivity index is 2.27. The van der Waals surface area contributed by atoms with Gasteiger partial charge in [-0.25, -0.2) is 0 Å². The van der Waals surface area contributed by atoms with Crippen molar-refractivity contribution < 1.29 is 10.2 Å². The lowest BCUT2D eigenvalue weighted by molar-refractivity contribution is -0.187. The lowest BCUT2D eigenvalue weighted by Gasteiger charge is -2.56. The molecule has 2 saturated carbocycles. The van der Waals surface area contributed by atoms with Crippen LogP contribution in [0.4, 0.5) is 0 Å². The number of aliphatic hydroxyl groups is 2. The number of hydrogen-bond donors (Lipinski definition) is 2. The Bertz CT molecular complexity index is 228. The van der Waals surface area contributed by atoms with Crippen LogP contribution in [0.3, 0.4) is 0 Å². The van der Waals surface area contributed by atoms with Crippen LogP contribution < -0.4 is 0 Å². The number of rotatable bonds is 0. The second kappa shape index (κ2) is 3.21. The second-order valence-corrected chi connectivity index (χ2v) is 5.67. The maximum Gasteiger partial charge on any atom is 0.0751 e. The lowest BCUT2D eigenvalue weighted by Crippen LogP contribution is -2.58. The summed E-state index contributed by atoms with van der Waals surface area (Å²) in [6.45, 7) is 4.34. The molecule has 2 nitrogen and oxygen atoms in total. The first kappa shape index (κ1) is 10.4. The molecule has 82 valence electrons. The lowest BCUT2D eigenvalue weighted by atomic mass is 9.53. The van der Waals surface area contributed by atoms with Crippen LogP contribution in [0.15, 0.2) is 0 Å². The van der Waals surface area contributed by atoms with Gasteiger partial charge in [0.2, 0.25) is 0 Å². The van der Waals surface area contributed by atoms with Crippen molar-refractivity contribution in [3.8, 4) is 0 Å². The molecule has 0 aromatic rings. The predicted molar refractivity (Wildman–Crippen MR) is 55.9 cm³/mol. The van der Waals surface area contributed by atoms with E-state index in [1.54, 1.807) is 0 Å². The van der Waals surface area contributed by atoms with E-state index in [4.69, 9.17) is 0 Å². The van der Waals surface area contributed by atoms with Crippen molar-refractivity contribution in [2.75, 3.05) is 0 Å². The zero-order chi connectivity index (χ0) is 10.4. The summed E-state index contributed by atoms with van der Waals surface area (Å²) >= 11 is 0. The van der Waals surface area contributed by atoms with E-state index < -0.39 is 5.60 Å². The highest BCUT2D eigenvalue weighted by Gasteiger charge is 2.54. The molecule has 2 heteroatoms. The molecular weight excluding hydrogens is 176 g/mol. The van der Waals surface area contributed by atoms with Crippen LogP contribution in [-0.4, -0.2) is 21.9 Å². The van der Waals surface area contributed by atoms with Crippen LogP contribution >= 0.6 is 0 Å². The van der Waals surface area contributed by atoms with Gasteiger partial charge in [0.15, 0.2) is 0 Å². The summed E-state index contributed by atoms with van der Waals surface area (Å²) in [6, 6.07) is 0. The maximum atomic E-state index is 10.7.